The molecule has 116 valence electrons. The number of hydrogen-bond donors (Lipinski definition) is 0. The van der Waals surface area contributed by atoms with Gasteiger partial charge in [0.2, 0.25) is 5.91 Å². The highest BCUT2D eigenvalue weighted by Crippen LogP contribution is 2.19. The Kier molecular flexibility index (Phi) is 4.09. The molecule has 1 aliphatic heterocycles. The molecule has 0 aromatic carbocycles. The maximum absolute atomic E-state index is 12.1. The first-order valence-corrected chi connectivity index (χ1v) is 7.39. The van der Waals surface area contributed by atoms with Crippen LogP contribution in [0.1, 0.15) is 23.4 Å². The van der Waals surface area contributed by atoms with E-state index in [-0.39, 0.29) is 12.0 Å². The van der Waals surface area contributed by atoms with Crippen LogP contribution in [0.3, 0.4) is 0 Å². The number of aromatic nitrogens is 2. The molecule has 22 heavy (non-hydrogen) atoms. The van der Waals surface area contributed by atoms with E-state index in [0.29, 0.717) is 25.9 Å². The Bertz CT molecular complexity index is 628. The van der Waals surface area contributed by atoms with Crippen LogP contribution in [0.25, 0.3) is 0 Å². The van der Waals surface area contributed by atoms with E-state index < -0.39 is 0 Å². The van der Waals surface area contributed by atoms with Crippen molar-refractivity contribution in [3.05, 3.63) is 41.5 Å². The first kappa shape index (κ1) is 14.6. The molecule has 1 aliphatic rings. The largest absolute Gasteiger partial charge is 0.485 e. The van der Waals surface area contributed by atoms with E-state index in [1.165, 1.54) is 0 Å². The smallest absolute Gasteiger partial charge is 0.223 e. The van der Waals surface area contributed by atoms with Gasteiger partial charge in [-0.25, -0.2) is 0 Å². The number of rotatable bonds is 5. The first-order valence-electron chi connectivity index (χ1n) is 7.39. The van der Waals surface area contributed by atoms with Crippen molar-refractivity contribution in [3.63, 3.8) is 0 Å². The normalized spacial score (nSPS) is 14.7. The molecule has 1 fully saturated rings. The van der Waals surface area contributed by atoms with Gasteiger partial charge in [0.15, 0.2) is 0 Å². The lowest BCUT2D eigenvalue weighted by molar-refractivity contribution is -0.139. The number of likely N-dealkylation sites (tertiary alicyclic amines) is 1. The van der Waals surface area contributed by atoms with E-state index in [1.807, 2.05) is 30.9 Å². The maximum Gasteiger partial charge on any atom is 0.223 e. The second-order valence-corrected chi connectivity index (χ2v) is 5.53. The molecule has 0 bridgehead atoms. The summed E-state index contributed by atoms with van der Waals surface area (Å²) in [7, 11) is 0. The lowest BCUT2D eigenvalue weighted by atomic mass is 10.1. The molecule has 2 aromatic heterocycles. The standard InChI is InChI=1S/C16H19N3O3/c1-11-15(12(2)22-18-11)5-6-16(20)19-9-14(10-19)21-13-4-3-7-17-8-13/h3-4,7-8,14H,5-6,9-10H2,1-2H3. The van der Waals surface area contributed by atoms with Gasteiger partial charge in [-0.15, -0.1) is 0 Å². The van der Waals surface area contributed by atoms with Crippen LogP contribution in [-0.4, -0.2) is 40.1 Å². The quantitative estimate of drug-likeness (QED) is 0.844. The zero-order valence-corrected chi connectivity index (χ0v) is 12.8. The average molecular weight is 301 g/mol. The predicted molar refractivity (Wildman–Crippen MR) is 79.5 cm³/mol. The number of nitrogens with zero attached hydrogens (tertiary/aromatic N) is 3. The van der Waals surface area contributed by atoms with E-state index in [4.69, 9.17) is 9.26 Å². The van der Waals surface area contributed by atoms with Crippen molar-refractivity contribution in [2.75, 3.05) is 13.1 Å². The van der Waals surface area contributed by atoms with E-state index in [2.05, 4.69) is 10.1 Å². The molecule has 0 spiro atoms. The van der Waals surface area contributed by atoms with E-state index in [9.17, 15) is 4.79 Å². The van der Waals surface area contributed by atoms with Gasteiger partial charge in [0, 0.05) is 18.2 Å². The summed E-state index contributed by atoms with van der Waals surface area (Å²) in [6, 6.07) is 3.70. The van der Waals surface area contributed by atoms with Crippen molar-refractivity contribution in [2.24, 2.45) is 0 Å². The van der Waals surface area contributed by atoms with Crippen LogP contribution in [0, 0.1) is 13.8 Å². The van der Waals surface area contributed by atoms with Crippen LogP contribution in [-0.2, 0) is 11.2 Å². The molecule has 0 radical (unpaired) electrons. The van der Waals surface area contributed by atoms with Crippen LogP contribution < -0.4 is 4.74 Å². The molecular weight excluding hydrogens is 282 g/mol. The molecule has 1 amide bonds. The zero-order chi connectivity index (χ0) is 15.5. The number of carbonyl (C=O) groups excluding carboxylic acids is 1. The van der Waals surface area contributed by atoms with Crippen molar-refractivity contribution < 1.29 is 14.1 Å². The second kappa shape index (κ2) is 6.17. The number of amides is 1. The number of aryl methyl sites for hydroxylation is 2. The highest BCUT2D eigenvalue weighted by molar-refractivity contribution is 5.77. The number of ether oxygens (including phenoxy) is 1. The van der Waals surface area contributed by atoms with Gasteiger partial charge in [-0.3, -0.25) is 9.78 Å². The van der Waals surface area contributed by atoms with Gasteiger partial charge in [-0.1, -0.05) is 5.16 Å². The summed E-state index contributed by atoms with van der Waals surface area (Å²) in [6.07, 6.45) is 4.60. The van der Waals surface area contributed by atoms with Crippen molar-refractivity contribution in [3.8, 4) is 5.75 Å². The topological polar surface area (TPSA) is 68.5 Å². The molecule has 0 N–H and O–H groups in total. The molecule has 0 atom stereocenters. The van der Waals surface area contributed by atoms with Crippen LogP contribution in [0.4, 0.5) is 0 Å². The Labute approximate surface area is 129 Å². The number of carbonyl (C=O) groups is 1. The Morgan fingerprint density at radius 1 is 1.45 bits per heavy atom. The summed E-state index contributed by atoms with van der Waals surface area (Å²) in [4.78, 5) is 18.0. The molecule has 2 aromatic rings. The fraction of sp³-hybridized carbons (Fsp3) is 0.438. The van der Waals surface area contributed by atoms with Gasteiger partial charge in [-0.05, 0) is 32.4 Å². The molecule has 6 nitrogen and oxygen atoms in total. The Balaban J connectivity index is 1.44. The van der Waals surface area contributed by atoms with Gasteiger partial charge < -0.3 is 14.2 Å². The molecule has 0 unspecified atom stereocenters. The monoisotopic (exact) mass is 301 g/mol. The van der Waals surface area contributed by atoms with Crippen LogP contribution in [0.15, 0.2) is 29.0 Å². The van der Waals surface area contributed by atoms with Crippen molar-refractivity contribution in [2.45, 2.75) is 32.8 Å². The number of pyridine rings is 1. The SMILES string of the molecule is Cc1noc(C)c1CCC(=O)N1CC(Oc2cccnc2)C1. The minimum absolute atomic E-state index is 0.0622. The lowest BCUT2D eigenvalue weighted by Crippen LogP contribution is -2.56. The zero-order valence-electron chi connectivity index (χ0n) is 12.8. The third-order valence-electron chi connectivity index (χ3n) is 3.91. The van der Waals surface area contributed by atoms with Gasteiger partial charge >= 0.3 is 0 Å². The molecule has 3 rings (SSSR count). The van der Waals surface area contributed by atoms with Crippen molar-refractivity contribution in [1.29, 1.82) is 0 Å². The van der Waals surface area contributed by atoms with E-state index in [0.717, 1.165) is 22.8 Å². The van der Waals surface area contributed by atoms with Crippen molar-refractivity contribution in [1.82, 2.24) is 15.0 Å². The van der Waals surface area contributed by atoms with Crippen LogP contribution in [0.5, 0.6) is 5.75 Å². The first-order chi connectivity index (χ1) is 10.6. The predicted octanol–water partition coefficient (Wildman–Crippen LogP) is 1.91. The van der Waals surface area contributed by atoms with Crippen molar-refractivity contribution >= 4 is 5.91 Å². The minimum atomic E-state index is 0.0622. The van der Waals surface area contributed by atoms with E-state index in [1.54, 1.807) is 12.4 Å². The Morgan fingerprint density at radius 2 is 2.27 bits per heavy atom. The maximum atomic E-state index is 12.1. The fourth-order valence-electron chi connectivity index (χ4n) is 2.57. The van der Waals surface area contributed by atoms with Gasteiger partial charge in [0.25, 0.3) is 0 Å². The van der Waals surface area contributed by atoms with E-state index >= 15 is 0 Å². The second-order valence-electron chi connectivity index (χ2n) is 5.53. The molecule has 3 heterocycles. The summed E-state index contributed by atoms with van der Waals surface area (Å²) in [5.74, 6) is 1.69. The lowest BCUT2D eigenvalue weighted by Gasteiger charge is -2.39. The molecule has 0 aliphatic carbocycles. The van der Waals surface area contributed by atoms with Gasteiger partial charge in [0.05, 0.1) is 25.0 Å². The fourth-order valence-corrected chi connectivity index (χ4v) is 2.57. The van der Waals surface area contributed by atoms with Crippen LogP contribution in [0.2, 0.25) is 0 Å². The van der Waals surface area contributed by atoms with Crippen LogP contribution >= 0.6 is 0 Å². The highest BCUT2D eigenvalue weighted by atomic mass is 16.5. The third kappa shape index (κ3) is 3.10. The van der Waals surface area contributed by atoms with Gasteiger partial charge in [0.1, 0.15) is 17.6 Å². The summed E-state index contributed by atoms with van der Waals surface area (Å²) in [5, 5.41) is 3.91. The Morgan fingerprint density at radius 3 is 2.91 bits per heavy atom. The summed E-state index contributed by atoms with van der Waals surface area (Å²) in [5.41, 5.74) is 1.91. The minimum Gasteiger partial charge on any atom is -0.485 e. The average Bonchev–Trinajstić information content (AvgIpc) is 2.80. The highest BCUT2D eigenvalue weighted by Gasteiger charge is 2.32. The summed E-state index contributed by atoms with van der Waals surface area (Å²) < 4.78 is 10.8. The third-order valence-corrected chi connectivity index (χ3v) is 3.91. The molecule has 0 saturated carbocycles. The summed E-state index contributed by atoms with van der Waals surface area (Å²) in [6.45, 7) is 5.05. The molecule has 6 heteroatoms. The Hall–Kier alpha value is -2.37. The molecular formula is C16H19N3O3. The van der Waals surface area contributed by atoms with Gasteiger partial charge in [-0.2, -0.15) is 0 Å². The summed E-state index contributed by atoms with van der Waals surface area (Å²) >= 11 is 0. The number of hydrogen-bond acceptors (Lipinski definition) is 5. The molecule has 1 saturated heterocycles.